The van der Waals surface area contributed by atoms with E-state index < -0.39 is 0 Å². The SMILES string of the molecule is CCCOCCN1CCC2NCCCC2C1. The fourth-order valence-corrected chi connectivity index (χ4v) is 2.96. The van der Waals surface area contributed by atoms with Crippen LogP contribution >= 0.6 is 0 Å². The summed E-state index contributed by atoms with van der Waals surface area (Å²) in [6.07, 6.45) is 5.25. The van der Waals surface area contributed by atoms with Gasteiger partial charge in [-0.05, 0) is 44.7 Å². The highest BCUT2D eigenvalue weighted by Gasteiger charge is 2.30. The monoisotopic (exact) mass is 226 g/mol. The normalized spacial score (nSPS) is 31.3. The van der Waals surface area contributed by atoms with Crippen LogP contribution in [0, 0.1) is 5.92 Å². The van der Waals surface area contributed by atoms with Gasteiger partial charge in [0.05, 0.1) is 6.61 Å². The van der Waals surface area contributed by atoms with Gasteiger partial charge in [-0.15, -0.1) is 0 Å². The van der Waals surface area contributed by atoms with Crippen molar-refractivity contribution >= 4 is 0 Å². The van der Waals surface area contributed by atoms with Crippen LogP contribution in [0.5, 0.6) is 0 Å². The molecule has 0 aromatic carbocycles. The van der Waals surface area contributed by atoms with Crippen molar-refractivity contribution in [3.8, 4) is 0 Å². The first-order valence-corrected chi connectivity index (χ1v) is 6.93. The second kappa shape index (κ2) is 6.58. The lowest BCUT2D eigenvalue weighted by Gasteiger charge is -2.41. The van der Waals surface area contributed by atoms with Crippen molar-refractivity contribution < 1.29 is 4.74 Å². The summed E-state index contributed by atoms with van der Waals surface area (Å²) in [6.45, 7) is 8.90. The molecule has 0 aromatic rings. The molecule has 2 heterocycles. The Morgan fingerprint density at radius 2 is 2.25 bits per heavy atom. The molecule has 0 bridgehead atoms. The summed E-state index contributed by atoms with van der Waals surface area (Å²) in [5, 5.41) is 3.66. The molecule has 3 heteroatoms. The second-order valence-electron chi connectivity index (χ2n) is 5.16. The lowest BCUT2D eigenvalue weighted by molar-refractivity contribution is 0.0664. The van der Waals surface area contributed by atoms with Gasteiger partial charge in [0.2, 0.25) is 0 Å². The van der Waals surface area contributed by atoms with Gasteiger partial charge in [0, 0.05) is 25.7 Å². The highest BCUT2D eigenvalue weighted by atomic mass is 16.5. The molecule has 2 fully saturated rings. The largest absolute Gasteiger partial charge is 0.380 e. The van der Waals surface area contributed by atoms with E-state index in [1.807, 2.05) is 0 Å². The van der Waals surface area contributed by atoms with E-state index in [0.29, 0.717) is 0 Å². The van der Waals surface area contributed by atoms with Crippen molar-refractivity contribution in [3.63, 3.8) is 0 Å². The molecule has 0 radical (unpaired) electrons. The first kappa shape index (κ1) is 12.3. The predicted octanol–water partition coefficient (Wildman–Crippen LogP) is 1.49. The molecule has 3 nitrogen and oxygen atoms in total. The summed E-state index contributed by atoms with van der Waals surface area (Å²) >= 11 is 0. The molecule has 0 aromatic heterocycles. The molecule has 0 amide bonds. The predicted molar refractivity (Wildman–Crippen MR) is 66.7 cm³/mol. The molecule has 0 saturated carbocycles. The van der Waals surface area contributed by atoms with Gasteiger partial charge < -0.3 is 15.0 Å². The maximum absolute atomic E-state index is 5.56. The zero-order valence-electron chi connectivity index (χ0n) is 10.6. The highest BCUT2D eigenvalue weighted by Crippen LogP contribution is 2.24. The smallest absolute Gasteiger partial charge is 0.0593 e. The van der Waals surface area contributed by atoms with Crippen LogP contribution in [-0.4, -0.2) is 50.3 Å². The van der Waals surface area contributed by atoms with Gasteiger partial charge in [-0.25, -0.2) is 0 Å². The van der Waals surface area contributed by atoms with E-state index in [1.165, 1.54) is 38.9 Å². The summed E-state index contributed by atoms with van der Waals surface area (Å²) in [5.74, 6) is 0.897. The number of hydrogen-bond acceptors (Lipinski definition) is 3. The van der Waals surface area contributed by atoms with E-state index >= 15 is 0 Å². The number of ether oxygens (including phenoxy) is 1. The lowest BCUT2D eigenvalue weighted by Crippen LogP contribution is -2.52. The molecular formula is C13H26N2O. The van der Waals surface area contributed by atoms with Crippen molar-refractivity contribution in [2.24, 2.45) is 5.92 Å². The van der Waals surface area contributed by atoms with Crippen LogP contribution in [0.1, 0.15) is 32.6 Å². The van der Waals surface area contributed by atoms with Gasteiger partial charge in [0.25, 0.3) is 0 Å². The molecule has 94 valence electrons. The molecule has 0 aliphatic carbocycles. The van der Waals surface area contributed by atoms with E-state index in [0.717, 1.165) is 38.1 Å². The summed E-state index contributed by atoms with van der Waals surface area (Å²) in [4.78, 5) is 2.59. The Labute approximate surface area is 99.5 Å². The van der Waals surface area contributed by atoms with Gasteiger partial charge in [0.15, 0.2) is 0 Å². The summed E-state index contributed by atoms with van der Waals surface area (Å²) in [7, 11) is 0. The topological polar surface area (TPSA) is 24.5 Å². The summed E-state index contributed by atoms with van der Waals surface area (Å²) in [6, 6.07) is 0.807. The maximum atomic E-state index is 5.56. The maximum Gasteiger partial charge on any atom is 0.0593 e. The Morgan fingerprint density at radius 1 is 1.31 bits per heavy atom. The minimum absolute atomic E-state index is 0.807. The average molecular weight is 226 g/mol. The van der Waals surface area contributed by atoms with E-state index in [9.17, 15) is 0 Å². The van der Waals surface area contributed by atoms with Crippen LogP contribution in [0.15, 0.2) is 0 Å². The van der Waals surface area contributed by atoms with E-state index in [-0.39, 0.29) is 0 Å². The highest BCUT2D eigenvalue weighted by molar-refractivity contribution is 4.88. The molecule has 2 saturated heterocycles. The van der Waals surface area contributed by atoms with Crippen LogP contribution in [-0.2, 0) is 4.74 Å². The number of nitrogens with one attached hydrogen (secondary N) is 1. The van der Waals surface area contributed by atoms with Crippen molar-refractivity contribution in [1.82, 2.24) is 10.2 Å². The number of likely N-dealkylation sites (tertiary alicyclic amines) is 1. The van der Waals surface area contributed by atoms with Crippen molar-refractivity contribution in [2.45, 2.75) is 38.6 Å². The van der Waals surface area contributed by atoms with Gasteiger partial charge >= 0.3 is 0 Å². The molecule has 16 heavy (non-hydrogen) atoms. The number of rotatable bonds is 5. The minimum Gasteiger partial charge on any atom is -0.380 e. The molecule has 2 atom stereocenters. The zero-order valence-corrected chi connectivity index (χ0v) is 10.6. The van der Waals surface area contributed by atoms with Gasteiger partial charge in [-0.3, -0.25) is 0 Å². The van der Waals surface area contributed by atoms with Crippen molar-refractivity contribution in [3.05, 3.63) is 0 Å². The van der Waals surface area contributed by atoms with Crippen LogP contribution in [0.3, 0.4) is 0 Å². The van der Waals surface area contributed by atoms with Crippen molar-refractivity contribution in [1.29, 1.82) is 0 Å². The first-order chi connectivity index (χ1) is 7.90. The third kappa shape index (κ3) is 3.44. The fourth-order valence-electron chi connectivity index (χ4n) is 2.96. The quantitative estimate of drug-likeness (QED) is 0.719. The molecule has 2 rings (SSSR count). The van der Waals surface area contributed by atoms with Gasteiger partial charge in [-0.2, -0.15) is 0 Å². The van der Waals surface area contributed by atoms with Gasteiger partial charge in [-0.1, -0.05) is 6.92 Å². The number of hydrogen-bond donors (Lipinski definition) is 1. The van der Waals surface area contributed by atoms with Crippen LogP contribution in [0.4, 0.5) is 0 Å². The molecule has 2 aliphatic rings. The molecule has 0 spiro atoms. The standard InChI is InChI=1S/C13H26N2O/c1-2-9-16-10-8-15-7-5-13-12(11-15)4-3-6-14-13/h12-14H,2-11H2,1H3. The average Bonchev–Trinajstić information content (AvgIpc) is 2.34. The van der Waals surface area contributed by atoms with Crippen LogP contribution in [0.2, 0.25) is 0 Å². The first-order valence-electron chi connectivity index (χ1n) is 6.93. The Bertz CT molecular complexity index is 198. The number of piperidine rings is 2. The van der Waals surface area contributed by atoms with Crippen LogP contribution < -0.4 is 5.32 Å². The molecule has 1 N–H and O–H groups in total. The number of fused-ring (bicyclic) bond motifs is 1. The Balaban J connectivity index is 1.65. The molecule has 2 unspecified atom stereocenters. The molecular weight excluding hydrogens is 200 g/mol. The third-order valence-electron chi connectivity index (χ3n) is 3.88. The number of nitrogens with zero attached hydrogens (tertiary/aromatic N) is 1. The van der Waals surface area contributed by atoms with Gasteiger partial charge in [0.1, 0.15) is 0 Å². The lowest BCUT2D eigenvalue weighted by atomic mass is 9.85. The Hall–Kier alpha value is -0.120. The fraction of sp³-hybridized carbons (Fsp3) is 1.00. The van der Waals surface area contributed by atoms with E-state index in [2.05, 4.69) is 17.1 Å². The third-order valence-corrected chi connectivity index (χ3v) is 3.88. The van der Waals surface area contributed by atoms with E-state index in [4.69, 9.17) is 4.74 Å². The second-order valence-corrected chi connectivity index (χ2v) is 5.16. The molecule has 2 aliphatic heterocycles. The van der Waals surface area contributed by atoms with E-state index in [1.54, 1.807) is 0 Å². The summed E-state index contributed by atoms with van der Waals surface area (Å²) in [5.41, 5.74) is 0. The summed E-state index contributed by atoms with van der Waals surface area (Å²) < 4.78 is 5.56. The zero-order chi connectivity index (χ0) is 11.2. The Morgan fingerprint density at radius 3 is 3.12 bits per heavy atom. The van der Waals surface area contributed by atoms with Crippen LogP contribution in [0.25, 0.3) is 0 Å². The van der Waals surface area contributed by atoms with Crippen molar-refractivity contribution in [2.75, 3.05) is 39.4 Å². The Kier molecular flexibility index (Phi) is 5.07. The minimum atomic E-state index is 0.807.